The van der Waals surface area contributed by atoms with Crippen molar-refractivity contribution < 1.29 is 17.2 Å². The Balaban J connectivity index is 3.64. The molecule has 0 heterocycles. The predicted molar refractivity (Wildman–Crippen MR) is 58.7 cm³/mol. The Morgan fingerprint density at radius 3 is 2.35 bits per heavy atom. The van der Waals surface area contributed by atoms with E-state index in [0.29, 0.717) is 6.07 Å². The van der Waals surface area contributed by atoms with E-state index in [2.05, 4.69) is 0 Å². The first-order valence-electron chi connectivity index (χ1n) is 4.17. The van der Waals surface area contributed by atoms with Gasteiger partial charge in [0.25, 0.3) is 15.5 Å². The molecule has 0 aromatic heterocycles. The molecule has 0 aliphatic rings. The van der Waals surface area contributed by atoms with Gasteiger partial charge in [-0.2, -0.15) is 5.26 Å². The van der Waals surface area contributed by atoms with Crippen LogP contribution in [0.4, 0.5) is 8.78 Å². The molecular weight excluding hydrogens is 295 g/mol. The van der Waals surface area contributed by atoms with Gasteiger partial charge in [0.15, 0.2) is 0 Å². The number of halogens is 4. The van der Waals surface area contributed by atoms with Gasteiger partial charge in [-0.25, -0.2) is 17.2 Å². The Morgan fingerprint density at radius 1 is 1.41 bits per heavy atom. The second-order valence-electron chi connectivity index (χ2n) is 3.03. The monoisotopic (exact) mass is 299 g/mol. The van der Waals surface area contributed by atoms with Crippen molar-refractivity contribution in [3.8, 4) is 6.07 Å². The largest absolute Gasteiger partial charge is 0.265 e. The summed E-state index contributed by atoms with van der Waals surface area (Å²) < 4.78 is 47.5. The van der Waals surface area contributed by atoms with Gasteiger partial charge in [-0.1, -0.05) is 0 Å². The normalized spacial score (nSPS) is 11.5. The first kappa shape index (κ1) is 14.2. The number of hydrogen-bond donors (Lipinski definition) is 0. The lowest BCUT2D eigenvalue weighted by Gasteiger charge is -2.09. The standard InChI is InChI=1S/C9H5Cl2F2NO2S/c10-3-5-1-6(4-14)7(9(12)13)2-8(5)17(11,15)16/h1-2,9H,3H2. The lowest BCUT2D eigenvalue weighted by molar-refractivity contribution is 0.151. The smallest absolute Gasteiger partial charge is 0.207 e. The lowest BCUT2D eigenvalue weighted by Crippen LogP contribution is -2.01. The van der Waals surface area contributed by atoms with Gasteiger partial charge in [0.1, 0.15) is 0 Å². The molecule has 1 aromatic rings. The van der Waals surface area contributed by atoms with Gasteiger partial charge < -0.3 is 0 Å². The topological polar surface area (TPSA) is 57.9 Å². The molecule has 3 nitrogen and oxygen atoms in total. The minimum atomic E-state index is -4.18. The van der Waals surface area contributed by atoms with Crippen molar-refractivity contribution in [2.24, 2.45) is 0 Å². The number of nitriles is 1. The summed E-state index contributed by atoms with van der Waals surface area (Å²) in [6, 6.07) is 3.24. The molecule has 1 aromatic carbocycles. The van der Waals surface area contributed by atoms with Crippen LogP contribution in [0, 0.1) is 11.3 Å². The predicted octanol–water partition coefficient (Wildman–Crippen LogP) is 3.16. The summed E-state index contributed by atoms with van der Waals surface area (Å²) in [6.07, 6.45) is -2.97. The lowest BCUT2D eigenvalue weighted by atomic mass is 10.1. The van der Waals surface area contributed by atoms with E-state index in [4.69, 9.17) is 27.5 Å². The summed E-state index contributed by atoms with van der Waals surface area (Å²) >= 11 is 5.48. The second kappa shape index (κ2) is 5.17. The zero-order chi connectivity index (χ0) is 13.2. The van der Waals surface area contributed by atoms with E-state index in [-0.39, 0.29) is 17.0 Å². The molecule has 0 N–H and O–H groups in total. The van der Waals surface area contributed by atoms with Crippen LogP contribution in [0.3, 0.4) is 0 Å². The molecule has 0 fully saturated rings. The molecule has 0 radical (unpaired) electrons. The highest BCUT2D eigenvalue weighted by atomic mass is 35.7. The van der Waals surface area contributed by atoms with Crippen molar-refractivity contribution in [3.05, 3.63) is 28.8 Å². The zero-order valence-electron chi connectivity index (χ0n) is 8.12. The van der Waals surface area contributed by atoms with Crippen molar-refractivity contribution in [2.75, 3.05) is 0 Å². The third kappa shape index (κ3) is 3.06. The van der Waals surface area contributed by atoms with Crippen LogP contribution in [-0.4, -0.2) is 8.42 Å². The van der Waals surface area contributed by atoms with E-state index < -0.39 is 25.9 Å². The fraction of sp³-hybridized carbons (Fsp3) is 0.222. The highest BCUT2D eigenvalue weighted by Crippen LogP contribution is 2.30. The quantitative estimate of drug-likeness (QED) is 0.636. The van der Waals surface area contributed by atoms with Crippen molar-refractivity contribution >= 4 is 31.3 Å². The Hall–Kier alpha value is -0.900. The Morgan fingerprint density at radius 2 is 2.00 bits per heavy atom. The summed E-state index contributed by atoms with van der Waals surface area (Å²) in [5.41, 5.74) is -0.983. The number of hydrogen-bond acceptors (Lipinski definition) is 3. The van der Waals surface area contributed by atoms with Crippen LogP contribution in [0.5, 0.6) is 0 Å². The minimum absolute atomic E-state index is 0.0163. The first-order valence-corrected chi connectivity index (χ1v) is 7.01. The Bertz CT molecular complexity index is 581. The van der Waals surface area contributed by atoms with Crippen LogP contribution in [0.25, 0.3) is 0 Å². The van der Waals surface area contributed by atoms with Crippen molar-refractivity contribution in [3.63, 3.8) is 0 Å². The molecule has 8 heteroatoms. The third-order valence-corrected chi connectivity index (χ3v) is 3.69. The number of nitrogens with zero attached hydrogens (tertiary/aromatic N) is 1. The van der Waals surface area contributed by atoms with E-state index in [0.717, 1.165) is 6.07 Å². The van der Waals surface area contributed by atoms with Gasteiger partial charge in [0.2, 0.25) is 0 Å². The summed E-state index contributed by atoms with van der Waals surface area (Å²) in [6.45, 7) is 0. The van der Waals surface area contributed by atoms with Crippen molar-refractivity contribution in [1.82, 2.24) is 0 Å². The summed E-state index contributed by atoms with van der Waals surface area (Å²) in [5.74, 6) is -0.251. The average molecular weight is 300 g/mol. The van der Waals surface area contributed by atoms with E-state index in [1.165, 1.54) is 0 Å². The summed E-state index contributed by atoms with van der Waals surface area (Å²) in [5, 5.41) is 8.67. The van der Waals surface area contributed by atoms with Crippen LogP contribution in [0.1, 0.15) is 23.1 Å². The number of alkyl halides is 3. The fourth-order valence-electron chi connectivity index (χ4n) is 1.25. The Kier molecular flexibility index (Phi) is 4.31. The maximum Gasteiger partial charge on any atom is 0.265 e. The molecule has 0 atom stereocenters. The molecule has 1 rings (SSSR count). The van der Waals surface area contributed by atoms with E-state index in [1.807, 2.05) is 0 Å². The molecule has 0 aliphatic heterocycles. The molecule has 0 saturated carbocycles. The zero-order valence-corrected chi connectivity index (χ0v) is 10.5. The maximum atomic E-state index is 12.6. The van der Waals surface area contributed by atoms with Gasteiger partial charge in [0, 0.05) is 22.1 Å². The van der Waals surface area contributed by atoms with E-state index in [9.17, 15) is 17.2 Å². The van der Waals surface area contributed by atoms with Crippen molar-refractivity contribution in [1.29, 1.82) is 5.26 Å². The number of rotatable bonds is 3. The maximum absolute atomic E-state index is 12.6. The molecule has 0 aliphatic carbocycles. The molecule has 0 spiro atoms. The van der Waals surface area contributed by atoms with Crippen molar-refractivity contribution in [2.45, 2.75) is 17.2 Å². The second-order valence-corrected chi connectivity index (χ2v) is 5.83. The summed E-state index contributed by atoms with van der Waals surface area (Å²) in [4.78, 5) is -0.497. The molecule has 0 saturated heterocycles. The molecule has 17 heavy (non-hydrogen) atoms. The third-order valence-electron chi connectivity index (χ3n) is 1.99. The first-order chi connectivity index (χ1) is 7.81. The SMILES string of the molecule is N#Cc1cc(CCl)c(S(=O)(=O)Cl)cc1C(F)F. The molecule has 0 amide bonds. The highest BCUT2D eigenvalue weighted by molar-refractivity contribution is 8.13. The van der Waals surface area contributed by atoms with Gasteiger partial charge >= 0.3 is 0 Å². The van der Waals surface area contributed by atoms with E-state index >= 15 is 0 Å². The summed E-state index contributed by atoms with van der Waals surface area (Å²) in [7, 11) is 0.919. The highest BCUT2D eigenvalue weighted by Gasteiger charge is 2.22. The van der Waals surface area contributed by atoms with Gasteiger partial charge in [-0.15, -0.1) is 11.6 Å². The van der Waals surface area contributed by atoms with Gasteiger partial charge in [0.05, 0.1) is 16.5 Å². The van der Waals surface area contributed by atoms with Crippen LogP contribution in [-0.2, 0) is 14.9 Å². The number of benzene rings is 1. The fourth-order valence-corrected chi connectivity index (χ4v) is 2.69. The van der Waals surface area contributed by atoms with E-state index in [1.54, 1.807) is 6.07 Å². The average Bonchev–Trinajstić information content (AvgIpc) is 2.25. The van der Waals surface area contributed by atoms with Crippen LogP contribution in [0.2, 0.25) is 0 Å². The Labute approximate surface area is 106 Å². The van der Waals surface area contributed by atoms with Crippen LogP contribution in [0.15, 0.2) is 17.0 Å². The van der Waals surface area contributed by atoms with Crippen LogP contribution < -0.4 is 0 Å². The van der Waals surface area contributed by atoms with Crippen LogP contribution >= 0.6 is 22.3 Å². The molecule has 0 unspecified atom stereocenters. The molecule has 92 valence electrons. The van der Waals surface area contributed by atoms with Gasteiger partial charge in [-0.05, 0) is 17.7 Å². The minimum Gasteiger partial charge on any atom is -0.207 e. The van der Waals surface area contributed by atoms with Gasteiger partial charge in [-0.3, -0.25) is 0 Å². The molecular formula is C9H5Cl2F2NO2S. The molecule has 0 bridgehead atoms.